The molecule has 0 saturated heterocycles. The standard InChI is InChI=1S/C63H95N5O9S2/c1-49-28-32-56-53(46-49)62(3,4)59(67(56)40-24-44-78(72,73)74)34-30-51(31-35-60-63(5,6)54-47-50(2)29-33-57(54)68(60)41-25-45-79(75,76)77)52-36-42-66(43-37-52)39-23-19-21-27-61(71)65-55(58(70)48-69)26-20-17-15-13-11-9-7-8-10-12-14-16-18-22-38-64/h28-37,42-43,46-47,55,58,69-70H,7-27,38-41,44-45,48,64H2,1-6H3,(H-2,65,71,72,73,74,75,76,77)/p+2. The lowest BCUT2D eigenvalue weighted by atomic mass is 9.80. The summed E-state index contributed by atoms with van der Waals surface area (Å²) < 4.78 is 70.9. The Morgan fingerprint density at radius 3 is 1.85 bits per heavy atom. The zero-order valence-corrected chi connectivity index (χ0v) is 50.2. The predicted molar refractivity (Wildman–Crippen MR) is 321 cm³/mol. The summed E-state index contributed by atoms with van der Waals surface area (Å²) in [6.45, 7) is 14.7. The van der Waals surface area contributed by atoms with Crippen molar-refractivity contribution >= 4 is 48.8 Å². The molecule has 79 heavy (non-hydrogen) atoms. The van der Waals surface area contributed by atoms with Gasteiger partial charge in [-0.2, -0.15) is 21.4 Å². The number of amides is 1. The molecule has 2 aliphatic rings. The molecule has 0 radical (unpaired) electrons. The molecule has 0 saturated carbocycles. The number of unbranched alkanes of at least 4 members (excludes halogenated alkanes) is 15. The van der Waals surface area contributed by atoms with Gasteiger partial charge in [0.15, 0.2) is 18.1 Å². The molecule has 1 amide bonds. The number of hydrogen-bond acceptors (Lipinski definition) is 9. The third-order valence-corrected chi connectivity index (χ3v) is 17.6. The summed E-state index contributed by atoms with van der Waals surface area (Å²) in [4.78, 5) is 15.2. The van der Waals surface area contributed by atoms with Gasteiger partial charge in [0.2, 0.25) is 11.6 Å². The number of aromatic nitrogens is 1. The molecule has 16 heteroatoms. The van der Waals surface area contributed by atoms with Crippen molar-refractivity contribution in [3.05, 3.63) is 119 Å². The van der Waals surface area contributed by atoms with Crippen LogP contribution in [0.2, 0.25) is 0 Å². The second-order valence-electron chi connectivity index (χ2n) is 23.4. The second kappa shape index (κ2) is 31.6. The van der Waals surface area contributed by atoms with Gasteiger partial charge in [0.25, 0.3) is 20.2 Å². The number of aliphatic hydroxyl groups is 2. The number of nitrogens with two attached hydrogens (primary N) is 1. The lowest BCUT2D eigenvalue weighted by molar-refractivity contribution is -0.697. The number of anilines is 1. The molecule has 2 aromatic carbocycles. The number of carbonyl (C=O) groups excluding carboxylic acids is 1. The van der Waals surface area contributed by atoms with Crippen LogP contribution in [0.1, 0.15) is 190 Å². The van der Waals surface area contributed by atoms with Gasteiger partial charge in [-0.1, -0.05) is 133 Å². The van der Waals surface area contributed by atoms with Crippen LogP contribution < -0.4 is 20.5 Å². The van der Waals surface area contributed by atoms with Crippen LogP contribution in [-0.2, 0) is 42.4 Å². The van der Waals surface area contributed by atoms with Crippen LogP contribution in [0.3, 0.4) is 0 Å². The summed E-state index contributed by atoms with van der Waals surface area (Å²) in [7, 11) is -8.31. The summed E-state index contributed by atoms with van der Waals surface area (Å²) in [5.74, 6) is -0.811. The van der Waals surface area contributed by atoms with Crippen LogP contribution in [0.15, 0.2) is 90.9 Å². The molecule has 0 aliphatic carbocycles. The molecule has 14 nitrogen and oxygen atoms in total. The van der Waals surface area contributed by atoms with Crippen molar-refractivity contribution in [1.29, 1.82) is 0 Å². The van der Waals surface area contributed by atoms with Crippen LogP contribution in [-0.4, -0.2) is 102 Å². The van der Waals surface area contributed by atoms with Crippen molar-refractivity contribution in [2.45, 2.75) is 206 Å². The maximum absolute atomic E-state index is 13.1. The predicted octanol–water partition coefficient (Wildman–Crippen LogP) is 11.1. The Bertz CT molecular complexity index is 2790. The number of aliphatic hydroxyl groups excluding tert-OH is 2. The monoisotopic (exact) mass is 1130 g/mol. The summed E-state index contributed by atoms with van der Waals surface area (Å²) in [6.07, 6.45) is 32.5. The molecule has 2 unspecified atom stereocenters. The number of carbonyl (C=O) groups is 1. The number of rotatable bonds is 37. The number of allylic oxidation sites excluding steroid dienone is 6. The van der Waals surface area contributed by atoms with E-state index in [1.807, 2.05) is 0 Å². The van der Waals surface area contributed by atoms with Crippen molar-refractivity contribution < 1.29 is 50.1 Å². The van der Waals surface area contributed by atoms with Crippen LogP contribution in [0.4, 0.5) is 11.4 Å². The van der Waals surface area contributed by atoms with E-state index in [1.165, 1.54) is 64.2 Å². The minimum atomic E-state index is -4.16. The number of benzene rings is 2. The first kappa shape index (κ1) is 65.3. The van der Waals surface area contributed by atoms with Gasteiger partial charge >= 0.3 is 0 Å². The molecule has 0 spiro atoms. The normalized spacial score (nSPS) is 16.5. The Kier molecular flexibility index (Phi) is 26.1. The van der Waals surface area contributed by atoms with E-state index >= 15 is 0 Å². The zero-order chi connectivity index (χ0) is 57.6. The quantitative estimate of drug-likeness (QED) is 0.0138. The van der Waals surface area contributed by atoms with Crippen molar-refractivity contribution in [3.8, 4) is 0 Å². The first-order chi connectivity index (χ1) is 37.6. The fourth-order valence-electron chi connectivity index (χ4n) is 11.4. The molecule has 438 valence electrons. The Labute approximate surface area is 474 Å². The average molecular weight is 1130 g/mol. The van der Waals surface area contributed by atoms with Crippen LogP contribution in [0.5, 0.6) is 0 Å². The summed E-state index contributed by atoms with van der Waals surface area (Å²) in [5.41, 5.74) is 15.0. The molecule has 7 N–H and O–H groups in total. The zero-order valence-electron chi connectivity index (χ0n) is 48.6. The van der Waals surface area contributed by atoms with E-state index in [4.69, 9.17) is 5.73 Å². The lowest BCUT2D eigenvalue weighted by Crippen LogP contribution is -2.44. The highest BCUT2D eigenvalue weighted by molar-refractivity contribution is 7.86. The van der Waals surface area contributed by atoms with Gasteiger partial charge < -0.3 is 26.2 Å². The average Bonchev–Trinajstić information content (AvgIpc) is 3.93. The van der Waals surface area contributed by atoms with Crippen molar-refractivity contribution in [2.24, 2.45) is 5.73 Å². The number of fused-ring (bicyclic) bond motifs is 2. The molecule has 5 rings (SSSR count). The Morgan fingerprint density at radius 2 is 1.25 bits per heavy atom. The Morgan fingerprint density at radius 1 is 0.696 bits per heavy atom. The molecular weight excluding hydrogens is 1030 g/mol. The SMILES string of the molecule is Cc1ccc2c(c1)C(C)(C)C(/C=C/C(=C/C=C1/N(CCCS(=O)(=O)O)c3ccc(C)cc3C1(C)C)c1cc[n+](CCCCCC(=O)NC(CCCCCCCCCCCCCCCCN)C(O)CO)cc1)=[N+]2CCCS(=O)(=O)O. The maximum atomic E-state index is 13.1. The van der Waals surface area contributed by atoms with Crippen molar-refractivity contribution in [3.63, 3.8) is 0 Å². The topological polar surface area (TPSA) is 214 Å². The minimum absolute atomic E-state index is 0.104. The molecule has 2 atom stereocenters. The van der Waals surface area contributed by atoms with Crippen LogP contribution >= 0.6 is 0 Å². The van der Waals surface area contributed by atoms with Crippen molar-refractivity contribution in [2.75, 3.05) is 42.6 Å². The smallest absolute Gasteiger partial charge is 0.265 e. The molecule has 1 aromatic heterocycles. The number of nitrogens with one attached hydrogen (secondary N) is 1. The first-order valence-electron chi connectivity index (χ1n) is 29.5. The van der Waals surface area contributed by atoms with E-state index in [1.54, 1.807) is 0 Å². The minimum Gasteiger partial charge on any atom is -0.394 e. The van der Waals surface area contributed by atoms with E-state index in [2.05, 4.69) is 146 Å². The third kappa shape index (κ3) is 20.7. The second-order valence-corrected chi connectivity index (χ2v) is 26.5. The number of nitrogens with zero attached hydrogens (tertiary/aromatic N) is 3. The van der Waals surface area contributed by atoms with E-state index in [-0.39, 0.29) is 36.9 Å². The lowest BCUT2D eigenvalue weighted by Gasteiger charge is -2.27. The molecule has 0 fully saturated rings. The van der Waals surface area contributed by atoms with Crippen molar-refractivity contribution in [1.82, 2.24) is 5.32 Å². The largest absolute Gasteiger partial charge is 0.394 e. The van der Waals surface area contributed by atoms with E-state index in [0.29, 0.717) is 32.4 Å². The van der Waals surface area contributed by atoms with Crippen LogP contribution in [0.25, 0.3) is 5.57 Å². The van der Waals surface area contributed by atoms with Gasteiger partial charge in [-0.3, -0.25) is 13.9 Å². The van der Waals surface area contributed by atoms with Gasteiger partial charge in [0.1, 0.15) is 13.1 Å². The van der Waals surface area contributed by atoms with E-state index in [9.17, 15) is 40.9 Å². The third-order valence-electron chi connectivity index (χ3n) is 16.0. The van der Waals surface area contributed by atoms with E-state index in [0.717, 1.165) is 108 Å². The summed E-state index contributed by atoms with van der Waals surface area (Å²) in [6, 6.07) is 16.3. The van der Waals surface area contributed by atoms with Crippen LogP contribution in [0, 0.1) is 13.8 Å². The molecule has 3 aromatic rings. The summed E-state index contributed by atoms with van der Waals surface area (Å²) >= 11 is 0. The molecule has 0 bridgehead atoms. The van der Waals surface area contributed by atoms with Gasteiger partial charge in [0, 0.05) is 72.4 Å². The number of pyridine rings is 1. The highest BCUT2D eigenvalue weighted by atomic mass is 32.2. The number of hydrogen-bond donors (Lipinski definition) is 6. The summed E-state index contributed by atoms with van der Waals surface area (Å²) in [5, 5.41) is 23.3. The van der Waals surface area contributed by atoms with Gasteiger partial charge in [-0.15, -0.1) is 0 Å². The Hall–Kier alpha value is -4.55. The first-order valence-corrected chi connectivity index (χ1v) is 32.7. The van der Waals surface area contributed by atoms with E-state index < -0.39 is 43.2 Å². The molecule has 3 heterocycles. The highest BCUT2D eigenvalue weighted by Gasteiger charge is 2.44. The Balaban J connectivity index is 1.25. The molecular formula is C63H97N5O9S2+2. The van der Waals surface area contributed by atoms with Gasteiger partial charge in [-0.25, -0.2) is 4.57 Å². The van der Waals surface area contributed by atoms with Gasteiger partial charge in [0.05, 0.1) is 35.7 Å². The number of aryl methyl sites for hydroxylation is 3. The maximum Gasteiger partial charge on any atom is 0.265 e. The van der Waals surface area contributed by atoms with Gasteiger partial charge in [-0.05, 0) is 107 Å². The molecule has 2 aliphatic heterocycles. The fourth-order valence-corrected chi connectivity index (χ4v) is 12.4. The fraction of sp³-hybridized carbons (Fsp3) is 0.603. The highest BCUT2D eigenvalue weighted by Crippen LogP contribution is 2.48.